The van der Waals surface area contributed by atoms with E-state index in [4.69, 9.17) is 17.0 Å². The Balaban J connectivity index is 1.70. The lowest BCUT2D eigenvalue weighted by Gasteiger charge is -2.28. The minimum absolute atomic E-state index is 0.0164. The van der Waals surface area contributed by atoms with Crippen molar-refractivity contribution in [2.24, 2.45) is 7.05 Å². The van der Waals surface area contributed by atoms with Gasteiger partial charge < -0.3 is 24.8 Å². The molecular formula is C23H25N5O2S. The Labute approximate surface area is 187 Å². The number of aryl methyl sites for hydroxylation is 1. The number of anilines is 2. The van der Waals surface area contributed by atoms with Gasteiger partial charge in [0.15, 0.2) is 5.11 Å². The molecule has 0 spiro atoms. The van der Waals surface area contributed by atoms with Gasteiger partial charge in [-0.1, -0.05) is 6.07 Å². The van der Waals surface area contributed by atoms with Crippen LogP contribution >= 0.6 is 12.2 Å². The molecule has 7 nitrogen and oxygen atoms in total. The Morgan fingerprint density at radius 1 is 1.19 bits per heavy atom. The first kappa shape index (κ1) is 21.0. The predicted molar refractivity (Wildman–Crippen MR) is 125 cm³/mol. The molecule has 1 aliphatic rings. The number of hydrogen-bond acceptors (Lipinski definition) is 4. The average molecular weight is 436 g/mol. The molecule has 2 aromatic heterocycles. The number of methoxy groups -OCH3 is 1. The summed E-state index contributed by atoms with van der Waals surface area (Å²) >= 11 is 5.76. The molecule has 1 aliphatic heterocycles. The number of thiocarbonyl (C=S) groups is 1. The highest BCUT2D eigenvalue weighted by molar-refractivity contribution is 7.80. The summed E-state index contributed by atoms with van der Waals surface area (Å²) in [7, 11) is 3.56. The maximum atomic E-state index is 11.8. The van der Waals surface area contributed by atoms with E-state index in [-0.39, 0.29) is 24.6 Å². The molecule has 2 atom stereocenters. The zero-order chi connectivity index (χ0) is 22.0. The fourth-order valence-electron chi connectivity index (χ4n) is 3.90. The Morgan fingerprint density at radius 2 is 1.97 bits per heavy atom. The van der Waals surface area contributed by atoms with E-state index in [1.807, 2.05) is 42.5 Å². The third kappa shape index (κ3) is 4.17. The van der Waals surface area contributed by atoms with Gasteiger partial charge in [0, 0.05) is 43.1 Å². The second-order valence-corrected chi connectivity index (χ2v) is 7.87. The highest BCUT2D eigenvalue weighted by Gasteiger charge is 2.41. The zero-order valence-corrected chi connectivity index (χ0v) is 18.5. The first-order chi connectivity index (χ1) is 15.0. The van der Waals surface area contributed by atoms with Gasteiger partial charge in [0.05, 0.1) is 11.7 Å². The number of hydrogen-bond donors (Lipinski definition) is 2. The molecule has 2 N–H and O–H groups in total. The number of ether oxygens (including phenoxy) is 1. The summed E-state index contributed by atoms with van der Waals surface area (Å²) in [6.45, 7) is 2.10. The lowest BCUT2D eigenvalue weighted by atomic mass is 10.0. The lowest BCUT2D eigenvalue weighted by Crippen LogP contribution is -2.30. The van der Waals surface area contributed by atoms with Crippen LogP contribution in [0.5, 0.6) is 0 Å². The van der Waals surface area contributed by atoms with Crippen molar-refractivity contribution in [2.75, 3.05) is 23.9 Å². The first-order valence-corrected chi connectivity index (χ1v) is 10.4. The molecule has 1 aromatic carbocycles. The monoisotopic (exact) mass is 435 g/mol. The highest BCUT2D eigenvalue weighted by Crippen LogP contribution is 2.41. The van der Waals surface area contributed by atoms with Crippen LogP contribution in [0.1, 0.15) is 29.2 Å². The van der Waals surface area contributed by atoms with Crippen molar-refractivity contribution >= 4 is 34.6 Å². The van der Waals surface area contributed by atoms with Gasteiger partial charge in [-0.05, 0) is 67.7 Å². The van der Waals surface area contributed by atoms with Crippen LogP contribution in [0.15, 0.2) is 60.8 Å². The fourth-order valence-corrected chi connectivity index (χ4v) is 4.24. The maximum absolute atomic E-state index is 11.8. The quantitative estimate of drug-likeness (QED) is 0.578. The molecule has 0 saturated carbocycles. The molecule has 160 valence electrons. The van der Waals surface area contributed by atoms with Crippen molar-refractivity contribution in [3.05, 3.63) is 77.9 Å². The Kier molecular flexibility index (Phi) is 6.01. The normalized spacial score (nSPS) is 18.2. The molecule has 0 bridgehead atoms. The average Bonchev–Trinajstić information content (AvgIpc) is 3.28. The summed E-state index contributed by atoms with van der Waals surface area (Å²) in [6.07, 6.45) is 1.80. The summed E-state index contributed by atoms with van der Waals surface area (Å²) in [5.74, 6) is -0.194. The molecule has 0 aliphatic carbocycles. The fraction of sp³-hybridized carbons (Fsp3) is 0.261. The van der Waals surface area contributed by atoms with E-state index < -0.39 is 0 Å². The van der Waals surface area contributed by atoms with E-state index in [2.05, 4.69) is 51.2 Å². The SMILES string of the molecule is COCC(=O)Nc1ccc(N2C(=S)N[C@@H](c3ccccn3)[C@@H]2c2ccc(C)n2C)cc1. The molecule has 1 saturated heterocycles. The van der Waals surface area contributed by atoms with E-state index in [0.717, 1.165) is 17.1 Å². The third-order valence-electron chi connectivity index (χ3n) is 5.52. The van der Waals surface area contributed by atoms with Crippen LogP contribution in [-0.4, -0.2) is 34.3 Å². The van der Waals surface area contributed by atoms with Crippen molar-refractivity contribution in [1.82, 2.24) is 14.9 Å². The number of pyridine rings is 1. The Bertz CT molecular complexity index is 1080. The van der Waals surface area contributed by atoms with Crippen LogP contribution in [0.2, 0.25) is 0 Å². The van der Waals surface area contributed by atoms with E-state index in [0.29, 0.717) is 10.8 Å². The number of carbonyl (C=O) groups is 1. The van der Waals surface area contributed by atoms with Gasteiger partial charge in [-0.2, -0.15) is 0 Å². The van der Waals surface area contributed by atoms with Crippen LogP contribution in [0, 0.1) is 6.92 Å². The Hall–Kier alpha value is -3.23. The summed E-state index contributed by atoms with van der Waals surface area (Å²) in [4.78, 5) is 18.5. The van der Waals surface area contributed by atoms with Crippen molar-refractivity contribution in [1.29, 1.82) is 0 Å². The number of aromatic nitrogens is 2. The smallest absolute Gasteiger partial charge is 0.250 e. The van der Waals surface area contributed by atoms with Crippen LogP contribution in [0.3, 0.4) is 0 Å². The molecule has 0 unspecified atom stereocenters. The number of carbonyl (C=O) groups excluding carboxylic acids is 1. The minimum atomic E-state index is -0.194. The minimum Gasteiger partial charge on any atom is -0.375 e. The molecule has 31 heavy (non-hydrogen) atoms. The van der Waals surface area contributed by atoms with Gasteiger partial charge in [0.25, 0.3) is 0 Å². The van der Waals surface area contributed by atoms with Crippen LogP contribution in [0.25, 0.3) is 0 Å². The van der Waals surface area contributed by atoms with Gasteiger partial charge in [-0.25, -0.2) is 0 Å². The number of rotatable bonds is 6. The number of benzene rings is 1. The molecule has 4 rings (SSSR count). The summed E-state index contributed by atoms with van der Waals surface area (Å²) in [5.41, 5.74) is 4.88. The third-order valence-corrected chi connectivity index (χ3v) is 5.83. The summed E-state index contributed by atoms with van der Waals surface area (Å²) < 4.78 is 7.05. The number of nitrogens with zero attached hydrogens (tertiary/aromatic N) is 3. The molecule has 1 amide bonds. The number of nitrogens with one attached hydrogen (secondary N) is 2. The topological polar surface area (TPSA) is 71.4 Å². The largest absolute Gasteiger partial charge is 0.375 e. The molecule has 0 radical (unpaired) electrons. The first-order valence-electron chi connectivity index (χ1n) is 10.0. The van der Waals surface area contributed by atoms with Crippen molar-refractivity contribution < 1.29 is 9.53 Å². The van der Waals surface area contributed by atoms with Crippen molar-refractivity contribution in [3.63, 3.8) is 0 Å². The summed E-state index contributed by atoms with van der Waals surface area (Å²) in [6, 6.07) is 17.6. The van der Waals surface area contributed by atoms with E-state index >= 15 is 0 Å². The van der Waals surface area contributed by atoms with Gasteiger partial charge in [0.1, 0.15) is 12.6 Å². The van der Waals surface area contributed by atoms with Crippen LogP contribution < -0.4 is 15.5 Å². The predicted octanol–water partition coefficient (Wildman–Crippen LogP) is 3.49. The van der Waals surface area contributed by atoms with E-state index in [1.165, 1.54) is 12.8 Å². The van der Waals surface area contributed by atoms with E-state index in [1.54, 1.807) is 6.20 Å². The Morgan fingerprint density at radius 3 is 2.58 bits per heavy atom. The molecular weight excluding hydrogens is 410 g/mol. The lowest BCUT2D eigenvalue weighted by molar-refractivity contribution is -0.119. The van der Waals surface area contributed by atoms with Gasteiger partial charge >= 0.3 is 0 Å². The standard InChI is InChI=1S/C23H25N5O2S/c1-15-7-12-19(27(15)2)22-21(18-6-4-5-13-24-18)26-23(31)28(22)17-10-8-16(9-11-17)25-20(29)14-30-3/h4-13,21-22H,14H2,1-3H3,(H,25,29)(H,26,31)/t21-,22-/m0/s1. The number of amides is 1. The van der Waals surface area contributed by atoms with Gasteiger partial charge in [-0.3, -0.25) is 9.78 Å². The van der Waals surface area contributed by atoms with Gasteiger partial charge in [0.2, 0.25) is 5.91 Å². The molecule has 3 aromatic rings. The van der Waals surface area contributed by atoms with Crippen LogP contribution in [-0.2, 0) is 16.6 Å². The van der Waals surface area contributed by atoms with E-state index in [9.17, 15) is 4.79 Å². The summed E-state index contributed by atoms with van der Waals surface area (Å²) in [5, 5.41) is 6.91. The molecule has 1 fully saturated rings. The van der Waals surface area contributed by atoms with Crippen LogP contribution in [0.4, 0.5) is 11.4 Å². The highest BCUT2D eigenvalue weighted by atomic mass is 32.1. The van der Waals surface area contributed by atoms with Gasteiger partial charge in [-0.15, -0.1) is 0 Å². The van der Waals surface area contributed by atoms with Crippen molar-refractivity contribution in [2.45, 2.75) is 19.0 Å². The molecule has 8 heteroatoms. The second-order valence-electron chi connectivity index (χ2n) is 7.48. The zero-order valence-electron chi connectivity index (χ0n) is 17.7. The second kappa shape index (κ2) is 8.87. The maximum Gasteiger partial charge on any atom is 0.250 e. The molecule has 3 heterocycles. The van der Waals surface area contributed by atoms with Crippen molar-refractivity contribution in [3.8, 4) is 0 Å².